The predicted octanol–water partition coefficient (Wildman–Crippen LogP) is 2.77. The van der Waals surface area contributed by atoms with E-state index in [0.717, 1.165) is 35.5 Å². The third kappa shape index (κ3) is 5.44. The number of ether oxygens (including phenoxy) is 1. The molecule has 0 spiro atoms. The molecule has 0 aliphatic heterocycles. The normalized spacial score (nSPS) is 13.0. The minimum absolute atomic E-state index is 0.205. The Morgan fingerprint density at radius 2 is 2.12 bits per heavy atom. The molecule has 0 fully saturated rings. The van der Waals surface area contributed by atoms with Gasteiger partial charge in [0.05, 0.1) is 30.4 Å². The highest BCUT2D eigenvalue weighted by Crippen LogP contribution is 2.22. The highest BCUT2D eigenvalue weighted by atomic mass is 32.1. The number of nitrogens with zero attached hydrogens (tertiary/aromatic N) is 4. The van der Waals surface area contributed by atoms with E-state index in [0.29, 0.717) is 0 Å². The summed E-state index contributed by atoms with van der Waals surface area (Å²) in [5, 5.41) is 6.66. The van der Waals surface area contributed by atoms with Crippen LogP contribution in [0, 0.1) is 6.92 Å². The molecule has 2 rings (SSSR count). The predicted molar refractivity (Wildman–Crippen MR) is 109 cm³/mol. The molecular weight excluding hydrogens is 346 g/mol. The number of hydrogen-bond donors (Lipinski definition) is 1. The van der Waals surface area contributed by atoms with Crippen molar-refractivity contribution in [1.82, 2.24) is 20.1 Å². The van der Waals surface area contributed by atoms with Gasteiger partial charge in [0, 0.05) is 26.0 Å². The smallest absolute Gasteiger partial charge is 0.193 e. The standard InChI is InChI=1S/C19H29N5OS/c1-14-22-16(13-26-14)12-24(5)19(20-2)21-11-18(23(3)4)15-8-7-9-17(10-15)25-6/h7-10,13,18H,11-12H2,1-6H3,(H,20,21). The van der Waals surface area contributed by atoms with Crippen LogP contribution in [0.4, 0.5) is 0 Å². The van der Waals surface area contributed by atoms with Crippen molar-refractivity contribution in [2.75, 3.05) is 41.8 Å². The molecule has 0 amide bonds. The van der Waals surface area contributed by atoms with Crippen molar-refractivity contribution in [2.45, 2.75) is 19.5 Å². The lowest BCUT2D eigenvalue weighted by molar-refractivity contribution is 0.294. The molecule has 1 unspecified atom stereocenters. The van der Waals surface area contributed by atoms with Gasteiger partial charge >= 0.3 is 0 Å². The number of aromatic nitrogens is 1. The maximum absolute atomic E-state index is 5.36. The van der Waals surface area contributed by atoms with Crippen molar-refractivity contribution in [3.63, 3.8) is 0 Å². The highest BCUT2D eigenvalue weighted by molar-refractivity contribution is 7.09. The minimum atomic E-state index is 0.205. The van der Waals surface area contributed by atoms with Crippen LogP contribution in [0.1, 0.15) is 22.3 Å². The van der Waals surface area contributed by atoms with E-state index in [9.17, 15) is 0 Å². The molecule has 7 heteroatoms. The van der Waals surface area contributed by atoms with Crippen LogP contribution in [-0.2, 0) is 6.54 Å². The topological polar surface area (TPSA) is 53.0 Å². The molecule has 0 bridgehead atoms. The third-order valence-electron chi connectivity index (χ3n) is 4.19. The van der Waals surface area contributed by atoms with Crippen molar-refractivity contribution < 1.29 is 4.74 Å². The number of likely N-dealkylation sites (N-methyl/N-ethyl adjacent to an activating group) is 1. The monoisotopic (exact) mass is 375 g/mol. The minimum Gasteiger partial charge on any atom is -0.497 e. The molecule has 0 radical (unpaired) electrons. The van der Waals surface area contributed by atoms with Gasteiger partial charge in [0.1, 0.15) is 5.75 Å². The fourth-order valence-corrected chi connectivity index (χ4v) is 3.42. The van der Waals surface area contributed by atoms with Crippen LogP contribution >= 0.6 is 11.3 Å². The first kappa shape index (κ1) is 20.2. The molecule has 0 saturated heterocycles. The summed E-state index contributed by atoms with van der Waals surface area (Å²) in [4.78, 5) is 13.2. The number of guanidine groups is 1. The van der Waals surface area contributed by atoms with Crippen LogP contribution in [-0.4, -0.2) is 62.6 Å². The van der Waals surface area contributed by atoms with Crippen LogP contribution < -0.4 is 10.1 Å². The molecule has 26 heavy (non-hydrogen) atoms. The molecule has 6 nitrogen and oxygen atoms in total. The van der Waals surface area contributed by atoms with Crippen LogP contribution in [0.5, 0.6) is 5.75 Å². The van der Waals surface area contributed by atoms with E-state index in [1.165, 1.54) is 5.56 Å². The average molecular weight is 376 g/mol. The molecule has 0 aliphatic rings. The van der Waals surface area contributed by atoms with Crippen molar-refractivity contribution >= 4 is 17.3 Å². The lowest BCUT2D eigenvalue weighted by Gasteiger charge is -2.28. The molecule has 1 aromatic carbocycles. The Labute approximate surface area is 160 Å². The first-order valence-electron chi connectivity index (χ1n) is 8.57. The quantitative estimate of drug-likeness (QED) is 0.596. The first-order chi connectivity index (χ1) is 12.4. The Morgan fingerprint density at radius 1 is 1.35 bits per heavy atom. The van der Waals surface area contributed by atoms with Gasteiger partial charge in [-0.05, 0) is 38.7 Å². The Kier molecular flexibility index (Phi) is 7.41. The lowest BCUT2D eigenvalue weighted by atomic mass is 10.1. The summed E-state index contributed by atoms with van der Waals surface area (Å²) in [6.45, 7) is 3.50. The summed E-state index contributed by atoms with van der Waals surface area (Å²) < 4.78 is 5.36. The largest absolute Gasteiger partial charge is 0.497 e. The molecular formula is C19H29N5OS. The number of thiazole rings is 1. The van der Waals surface area contributed by atoms with Gasteiger partial charge in [0.2, 0.25) is 0 Å². The van der Waals surface area contributed by atoms with Crippen molar-refractivity contribution in [3.05, 3.63) is 45.9 Å². The van der Waals surface area contributed by atoms with Crippen LogP contribution in [0.2, 0.25) is 0 Å². The Bertz CT molecular complexity index is 728. The number of hydrogen-bond acceptors (Lipinski definition) is 5. The summed E-state index contributed by atoms with van der Waals surface area (Å²) in [5.41, 5.74) is 2.27. The SMILES string of the molecule is CN=C(NCC(c1cccc(OC)c1)N(C)C)N(C)Cc1csc(C)n1. The summed E-state index contributed by atoms with van der Waals surface area (Å²) in [7, 11) is 9.69. The van der Waals surface area contributed by atoms with Gasteiger partial charge < -0.3 is 19.9 Å². The zero-order valence-electron chi connectivity index (χ0n) is 16.5. The number of methoxy groups -OCH3 is 1. The lowest BCUT2D eigenvalue weighted by Crippen LogP contribution is -2.42. The maximum atomic E-state index is 5.36. The number of nitrogens with one attached hydrogen (secondary N) is 1. The maximum Gasteiger partial charge on any atom is 0.193 e. The first-order valence-corrected chi connectivity index (χ1v) is 9.45. The Hall–Kier alpha value is -2.12. The molecule has 1 heterocycles. The van der Waals surface area contributed by atoms with E-state index in [-0.39, 0.29) is 6.04 Å². The summed E-state index contributed by atoms with van der Waals surface area (Å²) in [5.74, 6) is 1.72. The molecule has 0 aliphatic carbocycles. The second kappa shape index (κ2) is 9.54. The fourth-order valence-electron chi connectivity index (χ4n) is 2.82. The number of rotatable bonds is 7. The number of aryl methyl sites for hydroxylation is 1. The van der Waals surface area contributed by atoms with Crippen molar-refractivity contribution in [3.8, 4) is 5.75 Å². The molecule has 2 aromatic rings. The number of benzene rings is 1. The Balaban J connectivity index is 2.03. The summed E-state index contributed by atoms with van der Waals surface area (Å²) >= 11 is 1.67. The summed E-state index contributed by atoms with van der Waals surface area (Å²) in [6, 6.07) is 8.40. The fraction of sp³-hybridized carbons (Fsp3) is 0.474. The van der Waals surface area contributed by atoms with Crippen LogP contribution in [0.3, 0.4) is 0 Å². The molecule has 1 atom stereocenters. The second-order valence-corrected chi connectivity index (χ2v) is 7.46. The van der Waals surface area contributed by atoms with Crippen LogP contribution in [0.25, 0.3) is 0 Å². The van der Waals surface area contributed by atoms with Gasteiger partial charge in [-0.3, -0.25) is 4.99 Å². The van der Waals surface area contributed by atoms with Gasteiger partial charge in [-0.2, -0.15) is 0 Å². The van der Waals surface area contributed by atoms with E-state index in [2.05, 4.69) is 56.7 Å². The zero-order chi connectivity index (χ0) is 19.1. The zero-order valence-corrected chi connectivity index (χ0v) is 17.3. The molecule has 1 N–H and O–H groups in total. The molecule has 1 aromatic heterocycles. The van der Waals surface area contributed by atoms with Gasteiger partial charge in [-0.15, -0.1) is 11.3 Å². The van der Waals surface area contributed by atoms with Crippen molar-refractivity contribution in [1.29, 1.82) is 0 Å². The third-order valence-corrected chi connectivity index (χ3v) is 5.02. The van der Waals surface area contributed by atoms with Crippen molar-refractivity contribution in [2.24, 2.45) is 4.99 Å². The van der Waals surface area contributed by atoms with E-state index in [4.69, 9.17) is 4.74 Å². The van der Waals surface area contributed by atoms with Gasteiger partial charge in [-0.1, -0.05) is 12.1 Å². The van der Waals surface area contributed by atoms with E-state index in [1.54, 1.807) is 25.5 Å². The number of aliphatic imine (C=N–C) groups is 1. The second-order valence-electron chi connectivity index (χ2n) is 6.40. The van der Waals surface area contributed by atoms with Gasteiger partial charge in [0.25, 0.3) is 0 Å². The molecule has 142 valence electrons. The van der Waals surface area contributed by atoms with Crippen LogP contribution in [0.15, 0.2) is 34.6 Å². The van der Waals surface area contributed by atoms with E-state index in [1.807, 2.05) is 26.1 Å². The summed E-state index contributed by atoms with van der Waals surface area (Å²) in [6.07, 6.45) is 0. The van der Waals surface area contributed by atoms with Gasteiger partial charge in [-0.25, -0.2) is 4.98 Å². The highest BCUT2D eigenvalue weighted by Gasteiger charge is 2.17. The molecule has 0 saturated carbocycles. The van der Waals surface area contributed by atoms with Gasteiger partial charge in [0.15, 0.2) is 5.96 Å². The Morgan fingerprint density at radius 3 is 2.69 bits per heavy atom. The van der Waals surface area contributed by atoms with E-state index < -0.39 is 0 Å². The average Bonchev–Trinajstić information content (AvgIpc) is 3.03. The van der Waals surface area contributed by atoms with E-state index >= 15 is 0 Å².